The molecule has 0 spiro atoms. The lowest BCUT2D eigenvalue weighted by molar-refractivity contribution is -0.145. The number of aromatic nitrogens is 2. The van der Waals surface area contributed by atoms with Crippen molar-refractivity contribution in [2.24, 2.45) is 17.8 Å². The number of carbonyl (C=O) groups excluding carboxylic acids is 1. The molecule has 0 bridgehead atoms. The molecule has 27 heavy (non-hydrogen) atoms. The van der Waals surface area contributed by atoms with Gasteiger partial charge in [-0.1, -0.05) is 26.2 Å². The van der Waals surface area contributed by atoms with E-state index in [4.69, 9.17) is 9.47 Å². The fourth-order valence-corrected chi connectivity index (χ4v) is 4.70. The molecule has 148 valence electrons. The maximum absolute atomic E-state index is 13.6. The summed E-state index contributed by atoms with van der Waals surface area (Å²) in [6.07, 6.45) is 5.32. The van der Waals surface area contributed by atoms with E-state index >= 15 is 0 Å². The zero-order chi connectivity index (χ0) is 19.3. The number of H-pyrrole nitrogens is 1. The van der Waals surface area contributed by atoms with Crippen molar-refractivity contribution in [1.82, 2.24) is 9.55 Å². The predicted molar refractivity (Wildman–Crippen MR) is 93.7 cm³/mol. The van der Waals surface area contributed by atoms with E-state index in [2.05, 4.69) is 13.8 Å². The highest BCUT2D eigenvalue weighted by atomic mass is 19.1. The van der Waals surface area contributed by atoms with E-state index < -0.39 is 23.0 Å². The van der Waals surface area contributed by atoms with Gasteiger partial charge in [-0.15, -0.1) is 0 Å². The van der Waals surface area contributed by atoms with Crippen molar-refractivity contribution in [2.75, 3.05) is 0 Å². The molecule has 4 rings (SSSR count). The second kappa shape index (κ2) is 6.58. The summed E-state index contributed by atoms with van der Waals surface area (Å²) in [5, 5.41) is 0. The Morgan fingerprint density at radius 2 is 2.07 bits per heavy atom. The van der Waals surface area contributed by atoms with Crippen molar-refractivity contribution >= 4 is 5.97 Å². The molecule has 1 unspecified atom stereocenters. The molecule has 7 nitrogen and oxygen atoms in total. The van der Waals surface area contributed by atoms with E-state index in [0.717, 1.165) is 42.9 Å². The lowest BCUT2D eigenvalue weighted by atomic mass is 9.79. The number of nitrogens with one attached hydrogen (secondary N) is 1. The quantitative estimate of drug-likeness (QED) is 0.621. The Morgan fingerprint density at radius 3 is 2.85 bits per heavy atom. The monoisotopic (exact) mass is 380 g/mol. The Morgan fingerprint density at radius 1 is 1.30 bits per heavy atom. The van der Waals surface area contributed by atoms with Gasteiger partial charge in [0, 0.05) is 12.5 Å². The minimum Gasteiger partial charge on any atom is -0.459 e. The van der Waals surface area contributed by atoms with Gasteiger partial charge in [-0.3, -0.25) is 19.1 Å². The molecule has 0 radical (unpaired) electrons. The van der Waals surface area contributed by atoms with Crippen LogP contribution in [0.4, 0.5) is 4.39 Å². The molecule has 2 saturated heterocycles. The Labute approximate surface area is 155 Å². The van der Waals surface area contributed by atoms with E-state index in [9.17, 15) is 18.8 Å². The number of carbonyl (C=O) groups is 1. The van der Waals surface area contributed by atoms with Gasteiger partial charge in [0.05, 0.1) is 17.7 Å². The summed E-state index contributed by atoms with van der Waals surface area (Å²) in [5.74, 6) is -1.54. The van der Waals surface area contributed by atoms with E-state index in [-0.39, 0.29) is 36.2 Å². The molecule has 2 aliphatic heterocycles. The number of hydrogen-bond donors (Lipinski definition) is 1. The molecule has 3 heterocycles. The Bertz CT molecular complexity index is 864. The van der Waals surface area contributed by atoms with Gasteiger partial charge in [-0.25, -0.2) is 4.79 Å². The number of ether oxygens (including phenoxy) is 2. The third-order valence-corrected chi connectivity index (χ3v) is 6.46. The van der Waals surface area contributed by atoms with Crippen LogP contribution in [0.5, 0.6) is 0 Å². The maximum atomic E-state index is 13.6. The number of halogens is 1. The van der Waals surface area contributed by atoms with Crippen LogP contribution in [-0.2, 0) is 20.8 Å². The Hall–Kier alpha value is -1.96. The van der Waals surface area contributed by atoms with Crippen LogP contribution in [0.3, 0.4) is 0 Å². The molecule has 6 atom stereocenters. The van der Waals surface area contributed by atoms with Crippen LogP contribution in [0.25, 0.3) is 0 Å². The highest BCUT2D eigenvalue weighted by Crippen LogP contribution is 2.50. The molecule has 1 saturated carbocycles. The van der Waals surface area contributed by atoms with E-state index in [1.54, 1.807) is 0 Å². The lowest BCUT2D eigenvalue weighted by Crippen LogP contribution is -2.36. The third-order valence-electron chi connectivity index (χ3n) is 6.46. The van der Waals surface area contributed by atoms with Crippen LogP contribution in [0, 0.1) is 23.6 Å². The zero-order valence-corrected chi connectivity index (χ0v) is 15.6. The average Bonchev–Trinajstić information content (AvgIpc) is 3.17. The summed E-state index contributed by atoms with van der Waals surface area (Å²) in [6.45, 7) is 4.26. The van der Waals surface area contributed by atoms with Crippen molar-refractivity contribution < 1.29 is 18.7 Å². The van der Waals surface area contributed by atoms with Gasteiger partial charge >= 0.3 is 11.7 Å². The number of rotatable bonds is 2. The van der Waals surface area contributed by atoms with Crippen molar-refractivity contribution in [2.45, 2.75) is 70.3 Å². The molecule has 8 heteroatoms. The number of hydrogen-bond acceptors (Lipinski definition) is 5. The molecule has 1 N–H and O–H groups in total. The zero-order valence-electron chi connectivity index (χ0n) is 15.6. The highest BCUT2D eigenvalue weighted by molar-refractivity contribution is 5.75. The number of fused-ring (bicyclic) bond motifs is 3. The highest BCUT2D eigenvalue weighted by Gasteiger charge is 2.62. The van der Waals surface area contributed by atoms with Gasteiger partial charge < -0.3 is 9.47 Å². The summed E-state index contributed by atoms with van der Waals surface area (Å²) in [7, 11) is 0. The van der Waals surface area contributed by atoms with Crippen molar-refractivity contribution in [1.29, 1.82) is 0 Å². The van der Waals surface area contributed by atoms with Crippen LogP contribution in [-0.4, -0.2) is 33.3 Å². The number of esters is 1. The fourth-order valence-electron chi connectivity index (χ4n) is 4.70. The summed E-state index contributed by atoms with van der Waals surface area (Å²) in [5.41, 5.74) is -2.04. The molecule has 1 aliphatic carbocycles. The predicted octanol–water partition coefficient (Wildman–Crippen LogP) is 1.59. The van der Waals surface area contributed by atoms with Crippen LogP contribution in [0.2, 0.25) is 0 Å². The fraction of sp³-hybridized carbons (Fsp3) is 0.737. The Balaban J connectivity index is 1.61. The van der Waals surface area contributed by atoms with Crippen LogP contribution < -0.4 is 11.2 Å². The number of epoxide rings is 1. The first kappa shape index (κ1) is 18.4. The number of aromatic amines is 1. The van der Waals surface area contributed by atoms with Crippen molar-refractivity contribution in [3.05, 3.63) is 32.9 Å². The molecule has 3 aliphatic rings. The average molecular weight is 380 g/mol. The maximum Gasteiger partial charge on any atom is 0.328 e. The molecule has 0 amide bonds. The third kappa shape index (κ3) is 3.35. The van der Waals surface area contributed by atoms with Gasteiger partial charge in [0.15, 0.2) is 0 Å². The van der Waals surface area contributed by atoms with E-state index in [1.807, 2.05) is 4.98 Å². The van der Waals surface area contributed by atoms with Gasteiger partial charge in [-0.05, 0) is 25.7 Å². The summed E-state index contributed by atoms with van der Waals surface area (Å²) >= 11 is 0. The largest absolute Gasteiger partial charge is 0.459 e. The molecular formula is C19H25FN2O5. The minimum absolute atomic E-state index is 0.00957. The second-order valence-electron chi connectivity index (χ2n) is 8.49. The van der Waals surface area contributed by atoms with Crippen LogP contribution in [0.15, 0.2) is 15.8 Å². The van der Waals surface area contributed by atoms with E-state index in [1.165, 1.54) is 0 Å². The minimum atomic E-state index is -1.06. The topological polar surface area (TPSA) is 93.7 Å². The summed E-state index contributed by atoms with van der Waals surface area (Å²) < 4.78 is 26.3. The smallest absolute Gasteiger partial charge is 0.328 e. The first-order chi connectivity index (χ1) is 12.8. The van der Waals surface area contributed by atoms with Gasteiger partial charge in [0.25, 0.3) is 5.56 Å². The first-order valence-corrected chi connectivity index (χ1v) is 9.66. The van der Waals surface area contributed by atoms with Gasteiger partial charge in [-0.2, -0.15) is 4.39 Å². The van der Waals surface area contributed by atoms with Crippen molar-refractivity contribution in [3.8, 4) is 0 Å². The molecular weight excluding hydrogens is 355 g/mol. The van der Waals surface area contributed by atoms with Crippen LogP contribution >= 0.6 is 0 Å². The summed E-state index contributed by atoms with van der Waals surface area (Å²) in [4.78, 5) is 37.8. The first-order valence-electron chi connectivity index (χ1n) is 9.66. The van der Waals surface area contributed by atoms with Crippen LogP contribution in [0.1, 0.15) is 46.0 Å². The lowest BCUT2D eigenvalue weighted by Gasteiger charge is -2.24. The second-order valence-corrected chi connectivity index (χ2v) is 8.49. The SMILES string of the molecule is CC1CCC[C@]2(C)O[C@H]2[C@H]2OC(=O)[C@@H](Cn3cc(F)c(=O)[nH]c3=O)[C@@H]2CC1. The standard InChI is InChI=1S/C19H25FN2O5/c1-10-4-3-7-19(2)15(27-19)14-11(6-5-10)12(17(24)26-14)8-22-9-13(20)16(23)21-18(22)25/h9-12,14-15H,3-8H2,1-2H3,(H,21,23,25)/t10?,11-,12-,14-,15-,19-/m0/s1. The Kier molecular flexibility index (Phi) is 4.49. The normalized spacial score (nSPS) is 38.6. The van der Waals surface area contributed by atoms with Gasteiger partial charge in [0.2, 0.25) is 5.82 Å². The van der Waals surface area contributed by atoms with Gasteiger partial charge in [0.1, 0.15) is 12.2 Å². The molecule has 1 aromatic heterocycles. The molecule has 0 aromatic carbocycles. The summed E-state index contributed by atoms with van der Waals surface area (Å²) in [6, 6.07) is 0. The van der Waals surface area contributed by atoms with Crippen molar-refractivity contribution in [3.63, 3.8) is 0 Å². The molecule has 3 fully saturated rings. The number of nitrogens with zero attached hydrogens (tertiary/aromatic N) is 1. The van der Waals surface area contributed by atoms with E-state index in [0.29, 0.717) is 5.92 Å². The molecule has 1 aromatic rings.